The number of carbonyl (C=O) groups is 3. The van der Waals surface area contributed by atoms with E-state index >= 15 is 0 Å². The lowest BCUT2D eigenvalue weighted by Crippen LogP contribution is -2.53. The number of fused-ring (bicyclic) bond motifs is 1. The highest BCUT2D eigenvalue weighted by Crippen LogP contribution is 2.40. The van der Waals surface area contributed by atoms with Crippen molar-refractivity contribution in [1.82, 2.24) is 10.6 Å². The molecule has 0 aliphatic carbocycles. The van der Waals surface area contributed by atoms with E-state index in [2.05, 4.69) is 10.6 Å². The van der Waals surface area contributed by atoms with Gasteiger partial charge in [0.1, 0.15) is 17.5 Å². The van der Waals surface area contributed by atoms with Gasteiger partial charge in [-0.05, 0) is 44.0 Å². The first-order valence-electron chi connectivity index (χ1n) is 9.86. The number of amides is 1. The van der Waals surface area contributed by atoms with E-state index in [0.29, 0.717) is 29.8 Å². The summed E-state index contributed by atoms with van der Waals surface area (Å²) in [5, 5.41) is 16.6. The summed E-state index contributed by atoms with van der Waals surface area (Å²) >= 11 is 0. The molecule has 0 spiro atoms. The Balaban J connectivity index is 1.75. The highest BCUT2D eigenvalue weighted by molar-refractivity contribution is 6.25. The van der Waals surface area contributed by atoms with Gasteiger partial charge in [0.25, 0.3) is 5.91 Å². The van der Waals surface area contributed by atoms with Crippen molar-refractivity contribution in [1.29, 1.82) is 0 Å². The lowest BCUT2D eigenvalue weighted by atomic mass is 9.85. The van der Waals surface area contributed by atoms with Crippen LogP contribution in [-0.4, -0.2) is 47.9 Å². The van der Waals surface area contributed by atoms with Crippen LogP contribution in [0, 0.1) is 0 Å². The van der Waals surface area contributed by atoms with Crippen molar-refractivity contribution in [2.75, 3.05) is 13.1 Å². The van der Waals surface area contributed by atoms with Gasteiger partial charge in [-0.25, -0.2) is 0 Å². The zero-order valence-electron chi connectivity index (χ0n) is 17.1. The number of carbonyl (C=O) groups excluding carboxylic acids is 3. The monoisotopic (exact) mass is 410 g/mol. The Morgan fingerprint density at radius 2 is 1.90 bits per heavy atom. The van der Waals surface area contributed by atoms with Crippen molar-refractivity contribution in [3.63, 3.8) is 0 Å². The maximum Gasteiger partial charge on any atom is 0.251 e. The van der Waals surface area contributed by atoms with Crippen molar-refractivity contribution in [2.45, 2.75) is 38.0 Å². The van der Waals surface area contributed by atoms with Crippen LogP contribution >= 0.6 is 0 Å². The quantitative estimate of drug-likeness (QED) is 0.451. The molecule has 2 aromatic carbocycles. The van der Waals surface area contributed by atoms with Gasteiger partial charge in [0.2, 0.25) is 5.78 Å². The highest BCUT2D eigenvalue weighted by Gasteiger charge is 2.43. The van der Waals surface area contributed by atoms with Gasteiger partial charge in [-0.1, -0.05) is 30.3 Å². The number of rotatable bonds is 8. The number of ether oxygens (including phenoxy) is 1. The Hall–Kier alpha value is -3.03. The van der Waals surface area contributed by atoms with E-state index in [1.54, 1.807) is 32.0 Å². The summed E-state index contributed by atoms with van der Waals surface area (Å²) in [4.78, 5) is 34.7. The fraction of sp³-hybridized carbons (Fsp3) is 0.348. The van der Waals surface area contributed by atoms with E-state index in [9.17, 15) is 19.5 Å². The van der Waals surface area contributed by atoms with Crippen molar-refractivity contribution in [3.05, 3.63) is 65.2 Å². The lowest BCUT2D eigenvalue weighted by molar-refractivity contribution is -0.129. The number of aldehydes is 1. The summed E-state index contributed by atoms with van der Waals surface area (Å²) in [7, 11) is 0. The van der Waals surface area contributed by atoms with Gasteiger partial charge in [0, 0.05) is 17.7 Å². The largest absolute Gasteiger partial charge is 0.485 e. The van der Waals surface area contributed by atoms with Crippen molar-refractivity contribution < 1.29 is 24.2 Å². The van der Waals surface area contributed by atoms with Crippen LogP contribution in [0.25, 0.3) is 0 Å². The molecule has 0 unspecified atom stereocenters. The predicted molar refractivity (Wildman–Crippen MR) is 111 cm³/mol. The van der Waals surface area contributed by atoms with E-state index in [1.807, 2.05) is 30.3 Å². The molecule has 0 radical (unpaired) electrons. The van der Waals surface area contributed by atoms with E-state index in [1.165, 1.54) is 0 Å². The molecule has 30 heavy (non-hydrogen) atoms. The van der Waals surface area contributed by atoms with Crippen LogP contribution in [0.5, 0.6) is 5.75 Å². The first-order chi connectivity index (χ1) is 14.3. The van der Waals surface area contributed by atoms with Gasteiger partial charge >= 0.3 is 0 Å². The van der Waals surface area contributed by atoms with Crippen LogP contribution in [0.3, 0.4) is 0 Å². The van der Waals surface area contributed by atoms with Crippen LogP contribution in [0.4, 0.5) is 0 Å². The van der Waals surface area contributed by atoms with Crippen molar-refractivity contribution >= 4 is 18.0 Å². The van der Waals surface area contributed by atoms with Crippen molar-refractivity contribution in [2.24, 2.45) is 0 Å². The smallest absolute Gasteiger partial charge is 0.251 e. The Kier molecular flexibility index (Phi) is 6.64. The van der Waals surface area contributed by atoms with E-state index in [-0.39, 0.29) is 18.7 Å². The molecule has 3 N–H and O–H groups in total. The SMILES string of the molecule is CC1(C)Oc2ccc(C(=O)NCCc3ccccc3)cc2[C@@H](NCC(=O)C=O)[C@@H]1O. The Bertz CT molecular complexity index is 926. The molecule has 7 nitrogen and oxygen atoms in total. The zero-order chi connectivity index (χ0) is 21.7. The average molecular weight is 410 g/mol. The molecule has 0 bridgehead atoms. The normalized spacial score (nSPS) is 19.3. The topological polar surface area (TPSA) is 105 Å². The second-order valence-electron chi connectivity index (χ2n) is 7.84. The number of nitrogens with one attached hydrogen (secondary N) is 2. The molecule has 1 amide bonds. The first kappa shape index (κ1) is 21.7. The minimum atomic E-state index is -0.985. The molecule has 2 aromatic rings. The number of Topliss-reactive ketones (excluding diaryl/α,β-unsaturated/α-hetero) is 1. The second kappa shape index (κ2) is 9.19. The number of aliphatic hydroxyl groups excluding tert-OH is 1. The third kappa shape index (κ3) is 4.93. The van der Waals surface area contributed by atoms with Crippen LogP contribution in [0.2, 0.25) is 0 Å². The Morgan fingerprint density at radius 1 is 1.17 bits per heavy atom. The summed E-state index contributed by atoms with van der Waals surface area (Å²) in [6.45, 7) is 3.75. The van der Waals surface area contributed by atoms with Gasteiger partial charge in [-0.3, -0.25) is 14.4 Å². The molecular formula is C23H26N2O5. The summed E-state index contributed by atoms with van der Waals surface area (Å²) in [5.74, 6) is -0.346. The fourth-order valence-corrected chi connectivity index (χ4v) is 3.48. The van der Waals surface area contributed by atoms with Gasteiger partial charge in [0.05, 0.1) is 12.6 Å². The van der Waals surface area contributed by atoms with Gasteiger partial charge in [0.15, 0.2) is 6.29 Å². The predicted octanol–water partition coefficient (Wildman–Crippen LogP) is 1.59. The van der Waals surface area contributed by atoms with Gasteiger partial charge in [-0.15, -0.1) is 0 Å². The fourth-order valence-electron chi connectivity index (χ4n) is 3.48. The standard InChI is InChI=1S/C23H26N2O5/c1-23(2)21(28)20(25-13-17(27)14-26)18-12-16(8-9-19(18)30-23)22(29)24-11-10-15-6-4-3-5-7-15/h3-9,12,14,20-21,25,28H,10-11,13H2,1-2H3,(H,24,29)/t20-,21+/m1/s1. The molecule has 2 atom stereocenters. The summed E-state index contributed by atoms with van der Waals surface area (Å²) in [6.07, 6.45) is -0.0341. The number of ketones is 1. The zero-order valence-corrected chi connectivity index (χ0v) is 17.1. The van der Waals surface area contributed by atoms with Crippen LogP contribution in [0.1, 0.15) is 41.4 Å². The minimum absolute atomic E-state index is 0.214. The van der Waals surface area contributed by atoms with E-state index < -0.39 is 23.5 Å². The number of benzene rings is 2. The molecular weight excluding hydrogens is 384 g/mol. The molecule has 0 saturated heterocycles. The van der Waals surface area contributed by atoms with Gasteiger partial charge in [-0.2, -0.15) is 0 Å². The Morgan fingerprint density at radius 3 is 2.60 bits per heavy atom. The number of aliphatic hydroxyl groups is 1. The molecule has 1 aliphatic heterocycles. The third-order valence-electron chi connectivity index (χ3n) is 5.18. The second-order valence-corrected chi connectivity index (χ2v) is 7.84. The van der Waals surface area contributed by atoms with Gasteiger partial charge < -0.3 is 20.5 Å². The molecule has 0 aromatic heterocycles. The average Bonchev–Trinajstić information content (AvgIpc) is 2.74. The molecule has 1 heterocycles. The molecule has 7 heteroatoms. The van der Waals surface area contributed by atoms with Crippen LogP contribution < -0.4 is 15.4 Å². The maximum absolute atomic E-state index is 12.6. The number of hydrogen-bond acceptors (Lipinski definition) is 6. The molecule has 1 aliphatic rings. The first-order valence-corrected chi connectivity index (χ1v) is 9.86. The third-order valence-corrected chi connectivity index (χ3v) is 5.18. The van der Waals surface area contributed by atoms with E-state index in [0.717, 1.165) is 5.56 Å². The van der Waals surface area contributed by atoms with Crippen LogP contribution in [-0.2, 0) is 16.0 Å². The lowest BCUT2D eigenvalue weighted by Gasteiger charge is -2.42. The molecule has 0 saturated carbocycles. The Labute approximate surface area is 175 Å². The summed E-state index contributed by atoms with van der Waals surface area (Å²) in [5.41, 5.74) is 1.21. The summed E-state index contributed by atoms with van der Waals surface area (Å²) in [6, 6.07) is 14.2. The van der Waals surface area contributed by atoms with E-state index in [4.69, 9.17) is 4.74 Å². The number of hydrogen-bond donors (Lipinski definition) is 3. The molecule has 158 valence electrons. The summed E-state index contributed by atoms with van der Waals surface area (Å²) < 4.78 is 5.89. The van der Waals surface area contributed by atoms with Crippen molar-refractivity contribution in [3.8, 4) is 5.75 Å². The minimum Gasteiger partial charge on any atom is -0.485 e. The molecule has 3 rings (SSSR count). The molecule has 0 fully saturated rings. The highest BCUT2D eigenvalue weighted by atomic mass is 16.5. The van der Waals surface area contributed by atoms with Crippen LogP contribution in [0.15, 0.2) is 48.5 Å². The maximum atomic E-state index is 12.6.